The van der Waals surface area contributed by atoms with Crippen LogP contribution in [-0.2, 0) is 10.0 Å². The third kappa shape index (κ3) is 3.14. The Bertz CT molecular complexity index is 783. The van der Waals surface area contributed by atoms with Gasteiger partial charge in [0.15, 0.2) is 0 Å². The van der Waals surface area contributed by atoms with Gasteiger partial charge in [0, 0.05) is 6.07 Å². The van der Waals surface area contributed by atoms with E-state index in [9.17, 15) is 17.6 Å². The lowest BCUT2D eigenvalue weighted by Crippen LogP contribution is -2.13. The number of carboxylic acid groups (broad SMARTS) is 1. The zero-order valence-electron chi connectivity index (χ0n) is 10.7. The third-order valence-electron chi connectivity index (χ3n) is 2.46. The highest BCUT2D eigenvalue weighted by Crippen LogP contribution is 2.28. The largest absolute Gasteiger partial charge is 0.494 e. The number of hydrogen-bond acceptors (Lipinski definition) is 5. The number of anilines is 1. The van der Waals surface area contributed by atoms with E-state index >= 15 is 0 Å². The van der Waals surface area contributed by atoms with Gasteiger partial charge in [-0.2, -0.15) is 8.42 Å². The Balaban J connectivity index is 2.35. The fraction of sp³-hybridized carbons (Fsp3) is 0.0833. The molecule has 2 rings (SSSR count). The number of furan rings is 1. The van der Waals surface area contributed by atoms with E-state index in [-0.39, 0.29) is 11.4 Å². The van der Waals surface area contributed by atoms with Crippen molar-refractivity contribution in [3.8, 4) is 5.75 Å². The van der Waals surface area contributed by atoms with Crippen molar-refractivity contribution in [3.63, 3.8) is 0 Å². The van der Waals surface area contributed by atoms with Crippen molar-refractivity contribution in [2.24, 2.45) is 0 Å². The van der Waals surface area contributed by atoms with E-state index in [0.29, 0.717) is 0 Å². The van der Waals surface area contributed by atoms with Gasteiger partial charge in [-0.15, -0.1) is 0 Å². The van der Waals surface area contributed by atoms with Crippen molar-refractivity contribution in [3.05, 3.63) is 41.9 Å². The Morgan fingerprint density at radius 1 is 1.33 bits per heavy atom. The molecule has 0 saturated carbocycles. The van der Waals surface area contributed by atoms with Crippen molar-refractivity contribution in [1.29, 1.82) is 0 Å². The zero-order valence-corrected chi connectivity index (χ0v) is 11.5. The summed E-state index contributed by atoms with van der Waals surface area (Å²) in [6, 6.07) is 5.24. The average molecular weight is 315 g/mol. The normalized spacial score (nSPS) is 11.1. The molecule has 0 aliphatic rings. The van der Waals surface area contributed by atoms with Crippen LogP contribution in [0.1, 0.15) is 10.6 Å². The topological polar surface area (TPSA) is 106 Å². The molecule has 0 unspecified atom stereocenters. The first-order valence-electron chi connectivity index (χ1n) is 5.53. The van der Waals surface area contributed by atoms with Crippen molar-refractivity contribution in [2.75, 3.05) is 11.8 Å². The number of nitrogens with one attached hydrogen (secondary N) is 1. The lowest BCUT2D eigenvalue weighted by atomic mass is 10.3. The predicted octanol–water partition coefficient (Wildman–Crippen LogP) is 1.93. The Hall–Kier alpha value is -2.55. The molecule has 7 nitrogen and oxygen atoms in total. The summed E-state index contributed by atoms with van der Waals surface area (Å²) in [5.74, 6) is -2.53. The molecule has 2 aromatic rings. The lowest BCUT2D eigenvalue weighted by molar-refractivity contribution is 0.0656. The van der Waals surface area contributed by atoms with Crippen LogP contribution >= 0.6 is 0 Å². The van der Waals surface area contributed by atoms with Crippen LogP contribution in [0, 0.1) is 5.82 Å². The number of hydrogen-bond donors (Lipinski definition) is 2. The zero-order chi connectivity index (χ0) is 15.6. The molecule has 2 N–H and O–H groups in total. The molecule has 0 atom stereocenters. The van der Waals surface area contributed by atoms with Gasteiger partial charge < -0.3 is 14.3 Å². The van der Waals surface area contributed by atoms with Crippen LogP contribution in [0.5, 0.6) is 5.75 Å². The number of carboxylic acids is 1. The molecule has 1 aromatic carbocycles. The van der Waals surface area contributed by atoms with Crippen LogP contribution in [0.15, 0.2) is 39.8 Å². The summed E-state index contributed by atoms with van der Waals surface area (Å²) in [4.78, 5) is 10.7. The SMILES string of the molecule is COc1cc(F)ccc1NS(=O)(=O)c1ccc(C(=O)O)o1. The van der Waals surface area contributed by atoms with Gasteiger partial charge >= 0.3 is 5.97 Å². The molecule has 0 radical (unpaired) electrons. The van der Waals surface area contributed by atoms with Gasteiger partial charge in [0.1, 0.15) is 11.6 Å². The molecule has 112 valence electrons. The molecule has 0 amide bonds. The van der Waals surface area contributed by atoms with Gasteiger partial charge in [-0.1, -0.05) is 0 Å². The van der Waals surface area contributed by atoms with Crippen molar-refractivity contribution < 1.29 is 31.9 Å². The van der Waals surface area contributed by atoms with E-state index in [0.717, 1.165) is 24.3 Å². The van der Waals surface area contributed by atoms with Crippen molar-refractivity contribution >= 4 is 21.7 Å². The van der Waals surface area contributed by atoms with Crippen molar-refractivity contribution in [1.82, 2.24) is 0 Å². The molecule has 9 heteroatoms. The molecule has 0 aliphatic heterocycles. The minimum atomic E-state index is -4.15. The molecular formula is C12H10FNO6S. The molecule has 0 fully saturated rings. The number of sulfonamides is 1. The fourth-order valence-corrected chi connectivity index (χ4v) is 2.53. The Labute approximate surface area is 119 Å². The fourth-order valence-electron chi connectivity index (χ4n) is 1.52. The molecule has 1 heterocycles. The molecule has 1 aromatic heterocycles. The second kappa shape index (κ2) is 5.44. The molecule has 21 heavy (non-hydrogen) atoms. The minimum Gasteiger partial charge on any atom is -0.494 e. The van der Waals surface area contributed by atoms with E-state index in [2.05, 4.69) is 4.72 Å². The molecule has 0 aliphatic carbocycles. The van der Waals surface area contributed by atoms with E-state index in [4.69, 9.17) is 14.3 Å². The first-order chi connectivity index (χ1) is 9.83. The molecule has 0 saturated heterocycles. The number of halogens is 1. The molecular weight excluding hydrogens is 305 g/mol. The number of aromatic carboxylic acids is 1. The maximum Gasteiger partial charge on any atom is 0.371 e. The van der Waals surface area contributed by atoms with Crippen LogP contribution in [0.3, 0.4) is 0 Å². The standard InChI is InChI=1S/C12H10FNO6S/c1-19-10-6-7(13)2-3-8(10)14-21(17,18)11-5-4-9(20-11)12(15)16/h2-6,14H,1H3,(H,15,16). The summed E-state index contributed by atoms with van der Waals surface area (Å²) in [5.41, 5.74) is -0.00725. The highest BCUT2D eigenvalue weighted by molar-refractivity contribution is 7.92. The summed E-state index contributed by atoms with van der Waals surface area (Å²) in [6.45, 7) is 0. The van der Waals surface area contributed by atoms with E-state index < -0.39 is 32.7 Å². The van der Waals surface area contributed by atoms with Crippen molar-refractivity contribution in [2.45, 2.75) is 5.09 Å². The highest BCUT2D eigenvalue weighted by Gasteiger charge is 2.22. The van der Waals surface area contributed by atoms with Gasteiger partial charge in [-0.3, -0.25) is 4.72 Å². The van der Waals surface area contributed by atoms with Gasteiger partial charge in [0.25, 0.3) is 10.0 Å². The van der Waals surface area contributed by atoms with E-state index in [1.54, 1.807) is 0 Å². The Morgan fingerprint density at radius 3 is 2.62 bits per heavy atom. The summed E-state index contributed by atoms with van der Waals surface area (Å²) >= 11 is 0. The van der Waals surface area contributed by atoms with E-state index in [1.165, 1.54) is 13.2 Å². The summed E-state index contributed by atoms with van der Waals surface area (Å²) in [7, 11) is -2.90. The number of ether oxygens (including phenoxy) is 1. The Kier molecular flexibility index (Phi) is 3.85. The Morgan fingerprint density at radius 2 is 2.05 bits per heavy atom. The average Bonchev–Trinajstić information content (AvgIpc) is 2.91. The predicted molar refractivity (Wildman–Crippen MR) is 69.4 cm³/mol. The molecule has 0 bridgehead atoms. The van der Waals surface area contributed by atoms with Crippen LogP contribution in [0.25, 0.3) is 0 Å². The maximum absolute atomic E-state index is 13.0. The smallest absolute Gasteiger partial charge is 0.371 e. The van der Waals surface area contributed by atoms with Gasteiger partial charge in [-0.05, 0) is 24.3 Å². The second-order valence-electron chi connectivity index (χ2n) is 3.87. The first kappa shape index (κ1) is 14.9. The minimum absolute atomic E-state index is 0.00725. The summed E-state index contributed by atoms with van der Waals surface area (Å²) in [5, 5.41) is 8.12. The molecule has 0 spiro atoms. The highest BCUT2D eigenvalue weighted by atomic mass is 32.2. The number of methoxy groups -OCH3 is 1. The van der Waals surface area contributed by atoms with Gasteiger partial charge in [-0.25, -0.2) is 9.18 Å². The van der Waals surface area contributed by atoms with Crippen LogP contribution in [0.2, 0.25) is 0 Å². The third-order valence-corrected chi connectivity index (χ3v) is 3.70. The summed E-state index contributed by atoms with van der Waals surface area (Å²) < 4.78 is 48.8. The quantitative estimate of drug-likeness (QED) is 0.873. The van der Waals surface area contributed by atoms with Crippen LogP contribution in [-0.4, -0.2) is 26.6 Å². The van der Waals surface area contributed by atoms with Gasteiger partial charge in [0.05, 0.1) is 12.8 Å². The number of carbonyl (C=O) groups is 1. The lowest BCUT2D eigenvalue weighted by Gasteiger charge is -2.10. The second-order valence-corrected chi connectivity index (χ2v) is 5.49. The van der Waals surface area contributed by atoms with Crippen LogP contribution < -0.4 is 9.46 Å². The van der Waals surface area contributed by atoms with E-state index in [1.807, 2.05) is 0 Å². The van der Waals surface area contributed by atoms with Crippen LogP contribution in [0.4, 0.5) is 10.1 Å². The maximum atomic E-state index is 13.0. The number of benzene rings is 1. The monoisotopic (exact) mass is 315 g/mol. The number of rotatable bonds is 5. The van der Waals surface area contributed by atoms with Gasteiger partial charge in [0.2, 0.25) is 10.9 Å². The summed E-state index contributed by atoms with van der Waals surface area (Å²) in [6.07, 6.45) is 0. The first-order valence-corrected chi connectivity index (χ1v) is 7.01.